The molecule has 0 aliphatic rings. The summed E-state index contributed by atoms with van der Waals surface area (Å²) in [5.74, 6) is 0. The lowest BCUT2D eigenvalue weighted by molar-refractivity contribution is 1.18. The van der Waals surface area contributed by atoms with Crippen molar-refractivity contribution in [3.8, 4) is 50.2 Å². The smallest absolute Gasteiger partial charge is 0.0561 e. The van der Waals surface area contributed by atoms with Crippen molar-refractivity contribution >= 4 is 49.6 Å². The van der Waals surface area contributed by atoms with Crippen molar-refractivity contribution in [1.29, 1.82) is 0 Å². The summed E-state index contributed by atoms with van der Waals surface area (Å²) in [6, 6.07) is 88.0. The fourth-order valence-corrected chi connectivity index (χ4v) is 9.07. The molecule has 60 heavy (non-hydrogen) atoms. The fraction of sp³-hybridized carbons (Fsp3) is 0. The van der Waals surface area contributed by atoms with Gasteiger partial charge in [-0.3, -0.25) is 0 Å². The van der Waals surface area contributed by atoms with E-state index in [0.29, 0.717) is 0 Å². The Kier molecular flexibility index (Phi) is 8.87. The minimum absolute atomic E-state index is 1.07. The standard InChI is InChI=1S/C58H40N2/c1-4-19-41(20-5-1)48-28-12-13-29-50(48)51-30-14-16-33-55(51)60(46-36-37-53-52-31-15-17-34-56(52)59(58(53)40-46)45-25-8-3-9-26-45)57-38-35-44(39-54(57)43-21-6-2-7-22-43)49-32-18-24-42-23-10-11-27-47(42)49/h1-40H. The Morgan fingerprint density at radius 3 is 1.62 bits per heavy atom. The maximum Gasteiger partial charge on any atom is 0.0561 e. The van der Waals surface area contributed by atoms with Crippen molar-refractivity contribution in [2.24, 2.45) is 0 Å². The quantitative estimate of drug-likeness (QED) is 0.150. The largest absolute Gasteiger partial charge is 0.309 e. The second-order valence-corrected chi connectivity index (χ2v) is 15.3. The van der Waals surface area contributed by atoms with Crippen molar-refractivity contribution in [2.75, 3.05) is 4.90 Å². The Labute approximate surface area is 350 Å². The summed E-state index contributed by atoms with van der Waals surface area (Å²) in [4.78, 5) is 2.48. The van der Waals surface area contributed by atoms with E-state index in [1.165, 1.54) is 54.9 Å². The lowest BCUT2D eigenvalue weighted by Crippen LogP contribution is -2.13. The molecule has 0 aliphatic heterocycles. The van der Waals surface area contributed by atoms with E-state index in [4.69, 9.17) is 0 Å². The van der Waals surface area contributed by atoms with Crippen LogP contribution in [0.3, 0.4) is 0 Å². The third-order valence-electron chi connectivity index (χ3n) is 11.8. The first-order chi connectivity index (χ1) is 29.8. The summed E-state index contributed by atoms with van der Waals surface area (Å²) in [6.45, 7) is 0. The minimum Gasteiger partial charge on any atom is -0.309 e. The Bertz CT molecular complexity index is 3300. The summed E-state index contributed by atoms with van der Waals surface area (Å²) in [7, 11) is 0. The molecular weight excluding hydrogens is 725 g/mol. The summed E-state index contributed by atoms with van der Waals surface area (Å²) in [5.41, 5.74) is 16.1. The second kappa shape index (κ2) is 15.1. The highest BCUT2D eigenvalue weighted by atomic mass is 15.1. The van der Waals surface area contributed by atoms with Crippen molar-refractivity contribution in [3.63, 3.8) is 0 Å². The van der Waals surface area contributed by atoms with Crippen LogP contribution >= 0.6 is 0 Å². The molecule has 1 heterocycles. The van der Waals surface area contributed by atoms with Crippen LogP contribution in [0, 0.1) is 0 Å². The van der Waals surface area contributed by atoms with E-state index in [1.54, 1.807) is 0 Å². The van der Waals surface area contributed by atoms with Crippen LogP contribution in [0.4, 0.5) is 17.1 Å². The van der Waals surface area contributed by atoms with E-state index < -0.39 is 0 Å². The molecule has 0 aliphatic carbocycles. The van der Waals surface area contributed by atoms with Gasteiger partial charge in [-0.15, -0.1) is 0 Å². The highest BCUT2D eigenvalue weighted by Crippen LogP contribution is 2.48. The lowest BCUT2D eigenvalue weighted by atomic mass is 9.91. The van der Waals surface area contributed by atoms with Gasteiger partial charge in [0.05, 0.1) is 22.4 Å². The van der Waals surface area contributed by atoms with Crippen LogP contribution in [0.15, 0.2) is 243 Å². The van der Waals surface area contributed by atoms with E-state index in [9.17, 15) is 0 Å². The third-order valence-corrected chi connectivity index (χ3v) is 11.8. The number of hydrogen-bond donors (Lipinski definition) is 0. The zero-order chi connectivity index (χ0) is 39.8. The van der Waals surface area contributed by atoms with E-state index in [1.807, 2.05) is 0 Å². The highest BCUT2D eigenvalue weighted by molar-refractivity contribution is 6.11. The average molecular weight is 765 g/mol. The van der Waals surface area contributed by atoms with Gasteiger partial charge in [-0.05, 0) is 92.7 Å². The maximum absolute atomic E-state index is 2.48. The fourth-order valence-electron chi connectivity index (χ4n) is 9.07. The number of aromatic nitrogens is 1. The zero-order valence-corrected chi connectivity index (χ0v) is 33.0. The molecule has 0 fully saturated rings. The molecule has 2 heteroatoms. The van der Waals surface area contributed by atoms with E-state index in [0.717, 1.165) is 45.0 Å². The van der Waals surface area contributed by atoms with Gasteiger partial charge in [-0.25, -0.2) is 0 Å². The molecule has 1 aromatic heterocycles. The van der Waals surface area contributed by atoms with Crippen LogP contribution in [0.2, 0.25) is 0 Å². The van der Waals surface area contributed by atoms with Crippen molar-refractivity contribution in [2.45, 2.75) is 0 Å². The van der Waals surface area contributed by atoms with Gasteiger partial charge in [0.1, 0.15) is 0 Å². The van der Waals surface area contributed by atoms with Crippen LogP contribution < -0.4 is 4.90 Å². The van der Waals surface area contributed by atoms with E-state index in [2.05, 4.69) is 252 Å². The number of anilines is 3. The average Bonchev–Trinajstić information content (AvgIpc) is 3.66. The molecule has 0 N–H and O–H groups in total. The van der Waals surface area contributed by atoms with Crippen molar-refractivity contribution in [3.05, 3.63) is 243 Å². The van der Waals surface area contributed by atoms with Gasteiger partial charge in [0, 0.05) is 33.3 Å². The molecule has 0 unspecified atom stereocenters. The van der Waals surface area contributed by atoms with Crippen LogP contribution in [0.25, 0.3) is 82.8 Å². The normalized spacial score (nSPS) is 11.3. The molecule has 0 atom stereocenters. The summed E-state index contributed by atoms with van der Waals surface area (Å²) >= 11 is 0. The predicted molar refractivity (Wildman–Crippen MR) is 255 cm³/mol. The molecule has 0 radical (unpaired) electrons. The number of para-hydroxylation sites is 3. The maximum atomic E-state index is 2.48. The lowest BCUT2D eigenvalue weighted by Gasteiger charge is -2.31. The van der Waals surface area contributed by atoms with E-state index >= 15 is 0 Å². The van der Waals surface area contributed by atoms with Crippen LogP contribution in [0.1, 0.15) is 0 Å². The SMILES string of the molecule is c1ccc(-c2ccccc2-c2ccccc2N(c2ccc3c4ccccc4n(-c4ccccc4)c3c2)c2ccc(-c3cccc4ccccc34)cc2-c2ccccc2)cc1. The highest BCUT2D eigenvalue weighted by Gasteiger charge is 2.24. The molecule has 0 saturated carbocycles. The monoisotopic (exact) mass is 764 g/mol. The summed E-state index contributed by atoms with van der Waals surface area (Å²) in [5, 5.41) is 4.92. The molecule has 11 rings (SSSR count). The molecule has 10 aromatic carbocycles. The molecule has 0 bridgehead atoms. The second-order valence-electron chi connectivity index (χ2n) is 15.3. The first-order valence-electron chi connectivity index (χ1n) is 20.6. The van der Waals surface area contributed by atoms with Gasteiger partial charge in [-0.2, -0.15) is 0 Å². The number of rotatable bonds is 8. The number of fused-ring (bicyclic) bond motifs is 4. The van der Waals surface area contributed by atoms with Gasteiger partial charge >= 0.3 is 0 Å². The first kappa shape index (κ1) is 35.2. The Balaban J connectivity index is 1.21. The van der Waals surface area contributed by atoms with E-state index in [-0.39, 0.29) is 0 Å². The topological polar surface area (TPSA) is 8.17 Å². The zero-order valence-electron chi connectivity index (χ0n) is 33.0. The van der Waals surface area contributed by atoms with Gasteiger partial charge < -0.3 is 9.47 Å². The Morgan fingerprint density at radius 1 is 0.283 bits per heavy atom. The summed E-state index contributed by atoms with van der Waals surface area (Å²) in [6.07, 6.45) is 0. The molecule has 0 amide bonds. The van der Waals surface area contributed by atoms with Crippen LogP contribution in [-0.2, 0) is 0 Å². The molecular formula is C58H40N2. The van der Waals surface area contributed by atoms with Crippen molar-refractivity contribution in [1.82, 2.24) is 4.57 Å². The predicted octanol–water partition coefficient (Wildman–Crippen LogP) is 16.1. The number of benzene rings is 10. The van der Waals surface area contributed by atoms with Gasteiger partial charge in [0.15, 0.2) is 0 Å². The molecule has 2 nitrogen and oxygen atoms in total. The number of hydrogen-bond acceptors (Lipinski definition) is 1. The molecule has 11 aromatic rings. The van der Waals surface area contributed by atoms with Crippen LogP contribution in [0.5, 0.6) is 0 Å². The van der Waals surface area contributed by atoms with Crippen molar-refractivity contribution < 1.29 is 0 Å². The van der Waals surface area contributed by atoms with Gasteiger partial charge in [-0.1, -0.05) is 194 Å². The molecule has 0 saturated heterocycles. The summed E-state index contributed by atoms with van der Waals surface area (Å²) < 4.78 is 2.41. The number of nitrogens with zero attached hydrogens (tertiary/aromatic N) is 2. The van der Waals surface area contributed by atoms with Gasteiger partial charge in [0.2, 0.25) is 0 Å². The Morgan fingerprint density at radius 2 is 0.833 bits per heavy atom. The molecule has 282 valence electrons. The minimum atomic E-state index is 1.07. The first-order valence-corrected chi connectivity index (χ1v) is 20.6. The van der Waals surface area contributed by atoms with Crippen LogP contribution in [-0.4, -0.2) is 4.57 Å². The Hall–Kier alpha value is -7.94. The third kappa shape index (κ3) is 6.14. The molecule has 0 spiro atoms. The van der Waals surface area contributed by atoms with Gasteiger partial charge in [0.25, 0.3) is 0 Å².